The van der Waals surface area contributed by atoms with E-state index in [1.807, 2.05) is 12.1 Å². The highest BCUT2D eigenvalue weighted by atomic mass is 16.5. The number of hydrogen-bond donors (Lipinski definition) is 2. The second-order valence-corrected chi connectivity index (χ2v) is 6.70. The molecule has 4 rings (SSSR count). The van der Waals surface area contributed by atoms with Crippen LogP contribution in [0.2, 0.25) is 0 Å². The SMILES string of the molecule is COc1cc2c(cc1OC)C13CC(O)CCC1=CCN3CC2O. The third-order valence-electron chi connectivity index (χ3n) is 5.66. The minimum absolute atomic E-state index is 0.300. The van der Waals surface area contributed by atoms with E-state index >= 15 is 0 Å². The molecular weight excluding hydrogens is 294 g/mol. The van der Waals surface area contributed by atoms with E-state index in [2.05, 4.69) is 11.0 Å². The molecule has 3 aliphatic rings. The summed E-state index contributed by atoms with van der Waals surface area (Å²) < 4.78 is 10.9. The minimum Gasteiger partial charge on any atom is -0.493 e. The van der Waals surface area contributed by atoms with E-state index in [9.17, 15) is 10.2 Å². The van der Waals surface area contributed by atoms with Gasteiger partial charge in [0.1, 0.15) is 0 Å². The first kappa shape index (κ1) is 15.0. The van der Waals surface area contributed by atoms with Gasteiger partial charge in [-0.05, 0) is 48.1 Å². The van der Waals surface area contributed by atoms with Crippen LogP contribution in [-0.2, 0) is 5.54 Å². The molecule has 2 N–H and O–H groups in total. The maximum atomic E-state index is 10.6. The van der Waals surface area contributed by atoms with Crippen molar-refractivity contribution < 1.29 is 19.7 Å². The van der Waals surface area contributed by atoms with Crippen molar-refractivity contribution in [3.63, 3.8) is 0 Å². The summed E-state index contributed by atoms with van der Waals surface area (Å²) in [4.78, 5) is 2.30. The maximum Gasteiger partial charge on any atom is 0.161 e. The third-order valence-corrected chi connectivity index (χ3v) is 5.66. The Morgan fingerprint density at radius 1 is 1.17 bits per heavy atom. The van der Waals surface area contributed by atoms with Crippen molar-refractivity contribution in [2.75, 3.05) is 27.3 Å². The molecule has 124 valence electrons. The first-order chi connectivity index (χ1) is 11.1. The number of aliphatic hydroxyl groups is 2. The number of ether oxygens (including phenoxy) is 2. The van der Waals surface area contributed by atoms with Crippen LogP contribution in [0.15, 0.2) is 23.8 Å². The third kappa shape index (κ3) is 1.97. The number of aliphatic hydroxyl groups excluding tert-OH is 2. The van der Waals surface area contributed by atoms with Gasteiger partial charge in [-0.15, -0.1) is 0 Å². The van der Waals surface area contributed by atoms with Gasteiger partial charge in [0.05, 0.1) is 32.0 Å². The lowest BCUT2D eigenvalue weighted by atomic mass is 9.68. The van der Waals surface area contributed by atoms with Gasteiger partial charge in [0.15, 0.2) is 11.5 Å². The van der Waals surface area contributed by atoms with Crippen LogP contribution in [0.1, 0.15) is 36.5 Å². The average Bonchev–Trinajstić information content (AvgIpc) is 2.92. The van der Waals surface area contributed by atoms with E-state index < -0.39 is 6.10 Å². The van der Waals surface area contributed by atoms with Crippen molar-refractivity contribution in [3.05, 3.63) is 34.9 Å². The lowest BCUT2D eigenvalue weighted by Crippen LogP contribution is -2.53. The predicted octanol–water partition coefficient (Wildman–Crippen LogP) is 1.73. The Labute approximate surface area is 136 Å². The lowest BCUT2D eigenvalue weighted by Gasteiger charge is -2.50. The fourth-order valence-electron chi connectivity index (χ4n) is 4.60. The van der Waals surface area contributed by atoms with Crippen LogP contribution < -0.4 is 9.47 Å². The number of fused-ring (bicyclic) bond motifs is 1. The fourth-order valence-corrected chi connectivity index (χ4v) is 4.60. The van der Waals surface area contributed by atoms with Crippen LogP contribution in [0.25, 0.3) is 0 Å². The number of rotatable bonds is 2. The molecule has 23 heavy (non-hydrogen) atoms. The van der Waals surface area contributed by atoms with Crippen LogP contribution in [-0.4, -0.2) is 48.5 Å². The largest absolute Gasteiger partial charge is 0.493 e. The molecule has 5 nitrogen and oxygen atoms in total. The predicted molar refractivity (Wildman–Crippen MR) is 85.7 cm³/mol. The van der Waals surface area contributed by atoms with Gasteiger partial charge in [-0.1, -0.05) is 6.08 Å². The van der Waals surface area contributed by atoms with Gasteiger partial charge in [-0.3, -0.25) is 4.90 Å². The monoisotopic (exact) mass is 317 g/mol. The molecular formula is C18H23NO4. The van der Waals surface area contributed by atoms with E-state index in [1.54, 1.807) is 14.2 Å². The summed E-state index contributed by atoms with van der Waals surface area (Å²) in [5, 5.41) is 21.0. The highest BCUT2D eigenvalue weighted by Gasteiger charge is 2.52. The highest BCUT2D eigenvalue weighted by Crippen LogP contribution is 2.55. The quantitative estimate of drug-likeness (QED) is 0.814. The summed E-state index contributed by atoms with van der Waals surface area (Å²) >= 11 is 0. The van der Waals surface area contributed by atoms with Crippen LogP contribution in [0, 0.1) is 0 Å². The van der Waals surface area contributed by atoms with Crippen molar-refractivity contribution in [1.29, 1.82) is 0 Å². The molecule has 3 unspecified atom stereocenters. The van der Waals surface area contributed by atoms with E-state index in [4.69, 9.17) is 9.47 Å². The highest BCUT2D eigenvalue weighted by molar-refractivity contribution is 5.56. The Kier molecular flexibility index (Phi) is 3.41. The number of benzene rings is 1. The Hall–Kier alpha value is -1.56. The molecule has 0 aromatic heterocycles. The molecule has 5 heteroatoms. The summed E-state index contributed by atoms with van der Waals surface area (Å²) in [6, 6.07) is 3.88. The molecule has 1 saturated carbocycles. The number of methoxy groups -OCH3 is 2. The minimum atomic E-state index is -0.553. The Balaban J connectivity index is 1.94. The van der Waals surface area contributed by atoms with Gasteiger partial charge in [0.25, 0.3) is 0 Å². The number of hydrogen-bond acceptors (Lipinski definition) is 5. The van der Waals surface area contributed by atoms with Gasteiger partial charge >= 0.3 is 0 Å². The zero-order chi connectivity index (χ0) is 16.2. The zero-order valence-corrected chi connectivity index (χ0v) is 13.6. The molecule has 0 bridgehead atoms. The molecule has 1 aromatic carbocycles. The van der Waals surface area contributed by atoms with Gasteiger partial charge < -0.3 is 19.7 Å². The van der Waals surface area contributed by atoms with Crippen LogP contribution in [0.4, 0.5) is 0 Å². The summed E-state index contributed by atoms with van der Waals surface area (Å²) in [5.74, 6) is 1.30. The van der Waals surface area contributed by atoms with Gasteiger partial charge in [0.2, 0.25) is 0 Å². The Morgan fingerprint density at radius 2 is 1.91 bits per heavy atom. The van der Waals surface area contributed by atoms with E-state index in [0.717, 1.165) is 30.5 Å². The van der Waals surface area contributed by atoms with Crippen LogP contribution >= 0.6 is 0 Å². The van der Waals surface area contributed by atoms with Crippen molar-refractivity contribution in [2.45, 2.75) is 37.0 Å². The molecule has 2 heterocycles. The molecule has 2 aliphatic heterocycles. The van der Waals surface area contributed by atoms with Crippen LogP contribution in [0.3, 0.4) is 0 Å². The average molecular weight is 317 g/mol. The molecule has 0 amide bonds. The first-order valence-corrected chi connectivity index (χ1v) is 8.17. The molecule has 1 aromatic rings. The molecule has 0 radical (unpaired) electrons. The molecule has 1 spiro atoms. The molecule has 3 atom stereocenters. The summed E-state index contributed by atoms with van der Waals surface area (Å²) in [5.41, 5.74) is 3.01. The van der Waals surface area contributed by atoms with Crippen molar-refractivity contribution >= 4 is 0 Å². The standard InChI is InChI=1S/C18H23NO4/c1-22-16-7-13-14(8-17(16)23-2)18-9-12(20)4-3-11(18)5-6-19(18)10-15(13)21/h5,7-8,12,15,20-21H,3-4,6,9-10H2,1-2H3. The normalized spacial score (nSPS) is 32.6. The first-order valence-electron chi connectivity index (χ1n) is 8.17. The topological polar surface area (TPSA) is 62.2 Å². The number of nitrogens with zero attached hydrogens (tertiary/aromatic N) is 1. The summed E-state index contributed by atoms with van der Waals surface area (Å²) in [7, 11) is 3.23. The maximum absolute atomic E-state index is 10.6. The summed E-state index contributed by atoms with van der Waals surface area (Å²) in [6.07, 6.45) is 3.79. The van der Waals surface area contributed by atoms with Gasteiger partial charge in [0, 0.05) is 13.1 Å². The molecule has 1 aliphatic carbocycles. The van der Waals surface area contributed by atoms with Gasteiger partial charge in [-0.2, -0.15) is 0 Å². The van der Waals surface area contributed by atoms with Crippen molar-refractivity contribution in [3.8, 4) is 11.5 Å². The Morgan fingerprint density at radius 3 is 2.65 bits per heavy atom. The van der Waals surface area contributed by atoms with E-state index in [-0.39, 0.29) is 11.6 Å². The smallest absolute Gasteiger partial charge is 0.161 e. The lowest BCUT2D eigenvalue weighted by molar-refractivity contribution is -0.00143. The van der Waals surface area contributed by atoms with E-state index in [1.165, 1.54) is 5.57 Å². The van der Waals surface area contributed by atoms with Gasteiger partial charge in [-0.25, -0.2) is 0 Å². The summed E-state index contributed by atoms with van der Waals surface area (Å²) in [6.45, 7) is 1.40. The fraction of sp³-hybridized carbons (Fsp3) is 0.556. The second-order valence-electron chi connectivity index (χ2n) is 6.70. The molecule has 1 fully saturated rings. The van der Waals surface area contributed by atoms with E-state index in [0.29, 0.717) is 24.5 Å². The van der Waals surface area contributed by atoms with Crippen LogP contribution in [0.5, 0.6) is 11.5 Å². The zero-order valence-electron chi connectivity index (χ0n) is 13.6. The Bertz CT molecular complexity index is 671. The van der Waals surface area contributed by atoms with Crippen molar-refractivity contribution in [1.82, 2.24) is 4.90 Å². The van der Waals surface area contributed by atoms with Crippen molar-refractivity contribution in [2.24, 2.45) is 0 Å². The molecule has 0 saturated heterocycles. The second kappa shape index (κ2) is 5.23.